The summed E-state index contributed by atoms with van der Waals surface area (Å²) in [6.07, 6.45) is 0. The smallest absolute Gasteiger partial charge is 0.321 e. The first-order chi connectivity index (χ1) is 9.33. The Morgan fingerprint density at radius 2 is 1.79 bits per heavy atom. The van der Waals surface area contributed by atoms with Gasteiger partial charge < -0.3 is 10.1 Å². The zero-order chi connectivity index (χ0) is 13.1. The van der Waals surface area contributed by atoms with Gasteiger partial charge in [0, 0.05) is 24.8 Å². The van der Waals surface area contributed by atoms with Gasteiger partial charge in [0.2, 0.25) is 0 Å². The molecule has 1 N–H and O–H groups in total. The minimum Gasteiger partial charge on any atom is -0.457 e. The maximum atomic E-state index is 11.6. The summed E-state index contributed by atoms with van der Waals surface area (Å²) >= 11 is 0. The van der Waals surface area contributed by atoms with E-state index in [1.165, 1.54) is 0 Å². The van der Waals surface area contributed by atoms with Crippen molar-refractivity contribution >= 4 is 11.7 Å². The lowest BCUT2D eigenvalue weighted by atomic mass is 10.2. The third-order valence-electron chi connectivity index (χ3n) is 2.96. The van der Waals surface area contributed by atoms with Crippen molar-refractivity contribution in [1.29, 1.82) is 0 Å². The zero-order valence-corrected chi connectivity index (χ0v) is 10.4. The number of carbonyl (C=O) groups is 1. The predicted octanol–water partition coefficient (Wildman–Crippen LogP) is 3.01. The molecule has 0 aromatic heterocycles. The van der Waals surface area contributed by atoms with E-state index in [2.05, 4.69) is 5.32 Å². The number of rotatable bonds is 3. The SMILES string of the molecule is O=C1NCCN1c1cccc(Oc2ccccc2)c1. The fraction of sp³-hybridized carbons (Fsp3) is 0.133. The van der Waals surface area contributed by atoms with E-state index < -0.39 is 0 Å². The van der Waals surface area contributed by atoms with Gasteiger partial charge in [-0.25, -0.2) is 4.79 Å². The van der Waals surface area contributed by atoms with Crippen LogP contribution < -0.4 is 15.0 Å². The number of urea groups is 1. The van der Waals surface area contributed by atoms with Crippen molar-refractivity contribution in [3.63, 3.8) is 0 Å². The molecule has 0 aliphatic carbocycles. The molecule has 1 saturated heterocycles. The second kappa shape index (κ2) is 5.02. The molecule has 1 aliphatic rings. The molecule has 2 aromatic carbocycles. The Morgan fingerprint density at radius 1 is 1.00 bits per heavy atom. The molecule has 2 amide bonds. The van der Waals surface area contributed by atoms with Gasteiger partial charge in [-0.05, 0) is 24.3 Å². The van der Waals surface area contributed by atoms with Crippen LogP contribution in [0.4, 0.5) is 10.5 Å². The molecule has 1 aliphatic heterocycles. The van der Waals surface area contributed by atoms with Crippen LogP contribution in [0, 0.1) is 0 Å². The molecule has 2 aromatic rings. The summed E-state index contributed by atoms with van der Waals surface area (Å²) in [4.78, 5) is 13.3. The van der Waals surface area contributed by atoms with Crippen molar-refractivity contribution < 1.29 is 9.53 Å². The van der Waals surface area contributed by atoms with Crippen molar-refractivity contribution in [2.75, 3.05) is 18.0 Å². The highest BCUT2D eigenvalue weighted by molar-refractivity contribution is 5.94. The number of ether oxygens (including phenoxy) is 1. The Labute approximate surface area is 111 Å². The monoisotopic (exact) mass is 254 g/mol. The van der Waals surface area contributed by atoms with E-state index in [0.717, 1.165) is 17.2 Å². The average molecular weight is 254 g/mol. The number of carbonyl (C=O) groups excluding carboxylic acids is 1. The van der Waals surface area contributed by atoms with Crippen molar-refractivity contribution in [3.8, 4) is 11.5 Å². The molecule has 3 rings (SSSR count). The first-order valence-corrected chi connectivity index (χ1v) is 6.21. The Kier molecular flexibility index (Phi) is 3.06. The maximum Gasteiger partial charge on any atom is 0.321 e. The van der Waals surface area contributed by atoms with E-state index >= 15 is 0 Å². The van der Waals surface area contributed by atoms with Crippen molar-refractivity contribution in [2.45, 2.75) is 0 Å². The lowest BCUT2D eigenvalue weighted by Gasteiger charge is -2.15. The number of nitrogens with zero attached hydrogens (tertiary/aromatic N) is 1. The normalized spacial score (nSPS) is 14.3. The molecule has 0 spiro atoms. The largest absolute Gasteiger partial charge is 0.457 e. The molecule has 0 bridgehead atoms. The molecular formula is C15H14N2O2. The second-order valence-electron chi connectivity index (χ2n) is 4.30. The Hall–Kier alpha value is -2.49. The first kappa shape index (κ1) is 11.6. The van der Waals surface area contributed by atoms with Crippen molar-refractivity contribution in [3.05, 3.63) is 54.6 Å². The van der Waals surface area contributed by atoms with Gasteiger partial charge in [-0.2, -0.15) is 0 Å². The van der Waals surface area contributed by atoms with Crippen LogP contribution >= 0.6 is 0 Å². The van der Waals surface area contributed by atoms with Crippen LogP contribution in [0.5, 0.6) is 11.5 Å². The van der Waals surface area contributed by atoms with E-state index in [4.69, 9.17) is 4.74 Å². The third-order valence-corrected chi connectivity index (χ3v) is 2.96. The summed E-state index contributed by atoms with van der Waals surface area (Å²) in [7, 11) is 0. The fourth-order valence-corrected chi connectivity index (χ4v) is 2.06. The van der Waals surface area contributed by atoms with Gasteiger partial charge in [0.15, 0.2) is 0 Å². The molecule has 4 nitrogen and oxygen atoms in total. The third kappa shape index (κ3) is 2.52. The Bertz CT molecular complexity index is 584. The van der Waals surface area contributed by atoms with Gasteiger partial charge in [-0.1, -0.05) is 24.3 Å². The van der Waals surface area contributed by atoms with Crippen LogP contribution in [0.2, 0.25) is 0 Å². The van der Waals surface area contributed by atoms with Crippen molar-refractivity contribution in [1.82, 2.24) is 5.32 Å². The molecule has 0 radical (unpaired) electrons. The number of nitrogens with one attached hydrogen (secondary N) is 1. The van der Waals surface area contributed by atoms with Crippen LogP contribution in [0.1, 0.15) is 0 Å². The summed E-state index contributed by atoms with van der Waals surface area (Å²) < 4.78 is 5.76. The van der Waals surface area contributed by atoms with Crippen molar-refractivity contribution in [2.24, 2.45) is 0 Å². The molecule has 0 saturated carbocycles. The van der Waals surface area contributed by atoms with Gasteiger partial charge in [0.05, 0.1) is 0 Å². The van der Waals surface area contributed by atoms with E-state index in [0.29, 0.717) is 13.1 Å². The summed E-state index contributed by atoms with van der Waals surface area (Å²) in [5, 5.41) is 2.78. The van der Waals surface area contributed by atoms with Crippen LogP contribution in [-0.2, 0) is 0 Å². The van der Waals surface area contributed by atoms with Gasteiger partial charge >= 0.3 is 6.03 Å². The van der Waals surface area contributed by atoms with E-state index in [-0.39, 0.29) is 6.03 Å². The predicted molar refractivity (Wildman–Crippen MR) is 73.7 cm³/mol. The van der Waals surface area contributed by atoms with E-state index in [1.807, 2.05) is 54.6 Å². The number of hydrogen-bond acceptors (Lipinski definition) is 2. The summed E-state index contributed by atoms with van der Waals surface area (Å²) in [5.74, 6) is 1.51. The molecule has 1 heterocycles. The fourth-order valence-electron chi connectivity index (χ4n) is 2.06. The topological polar surface area (TPSA) is 41.6 Å². The molecule has 4 heteroatoms. The van der Waals surface area contributed by atoms with Gasteiger partial charge in [-0.3, -0.25) is 4.90 Å². The first-order valence-electron chi connectivity index (χ1n) is 6.21. The average Bonchev–Trinajstić information content (AvgIpc) is 2.86. The lowest BCUT2D eigenvalue weighted by molar-refractivity contribution is 0.252. The number of amides is 2. The highest BCUT2D eigenvalue weighted by Crippen LogP contribution is 2.26. The van der Waals surface area contributed by atoms with E-state index in [1.54, 1.807) is 4.90 Å². The molecule has 1 fully saturated rings. The quantitative estimate of drug-likeness (QED) is 0.914. The number of anilines is 1. The molecule has 96 valence electrons. The van der Waals surface area contributed by atoms with Crippen LogP contribution in [0.25, 0.3) is 0 Å². The summed E-state index contributed by atoms with van der Waals surface area (Å²) in [6, 6.07) is 17.1. The molecule has 0 atom stereocenters. The number of hydrogen-bond donors (Lipinski definition) is 1. The van der Waals surface area contributed by atoms with Gasteiger partial charge in [-0.15, -0.1) is 0 Å². The highest BCUT2D eigenvalue weighted by Gasteiger charge is 2.21. The second-order valence-corrected chi connectivity index (χ2v) is 4.30. The van der Waals surface area contributed by atoms with E-state index in [9.17, 15) is 4.79 Å². The molecule has 0 unspecified atom stereocenters. The Balaban J connectivity index is 1.82. The minimum atomic E-state index is -0.0585. The summed E-state index contributed by atoms with van der Waals surface area (Å²) in [6.45, 7) is 1.37. The number of para-hydroxylation sites is 1. The van der Waals surface area contributed by atoms with Crippen LogP contribution in [0.15, 0.2) is 54.6 Å². The zero-order valence-electron chi connectivity index (χ0n) is 10.4. The Morgan fingerprint density at radius 3 is 2.53 bits per heavy atom. The van der Waals surface area contributed by atoms with Crippen LogP contribution in [-0.4, -0.2) is 19.1 Å². The molecule has 19 heavy (non-hydrogen) atoms. The lowest BCUT2D eigenvalue weighted by Crippen LogP contribution is -2.27. The van der Waals surface area contributed by atoms with Crippen LogP contribution in [0.3, 0.4) is 0 Å². The highest BCUT2D eigenvalue weighted by atomic mass is 16.5. The standard InChI is InChI=1S/C15H14N2O2/c18-15-16-9-10-17(15)12-5-4-8-14(11-12)19-13-6-2-1-3-7-13/h1-8,11H,9-10H2,(H,16,18). The maximum absolute atomic E-state index is 11.6. The minimum absolute atomic E-state index is 0.0585. The van der Waals surface area contributed by atoms with Gasteiger partial charge in [0.1, 0.15) is 11.5 Å². The van der Waals surface area contributed by atoms with Gasteiger partial charge in [0.25, 0.3) is 0 Å². The molecular weight excluding hydrogens is 240 g/mol. The summed E-state index contributed by atoms with van der Waals surface area (Å²) in [5.41, 5.74) is 0.850. The number of benzene rings is 2.